The number of hydrogen-bond donors (Lipinski definition) is 2. The van der Waals surface area contributed by atoms with E-state index in [1.165, 1.54) is 22.7 Å². The first-order valence-corrected chi connectivity index (χ1v) is 8.86. The van der Waals surface area contributed by atoms with E-state index in [-0.39, 0.29) is 5.91 Å². The predicted molar refractivity (Wildman–Crippen MR) is 96.7 cm³/mol. The van der Waals surface area contributed by atoms with Crippen LogP contribution in [0.15, 0.2) is 30.3 Å². The Kier molecular flexibility index (Phi) is 4.19. The number of fused-ring (bicyclic) bond motifs is 1. The molecule has 118 valence electrons. The van der Waals surface area contributed by atoms with Gasteiger partial charge in [-0.05, 0) is 36.4 Å². The first kappa shape index (κ1) is 15.7. The summed E-state index contributed by atoms with van der Waals surface area (Å²) >= 11 is 2.83. The lowest BCUT2D eigenvalue weighted by Gasteiger charge is -2.05. The molecule has 3 aromatic rings. The van der Waals surface area contributed by atoms with E-state index in [0.717, 1.165) is 26.9 Å². The van der Waals surface area contributed by atoms with Gasteiger partial charge in [-0.25, -0.2) is 0 Å². The fourth-order valence-corrected chi connectivity index (χ4v) is 4.68. The highest BCUT2D eigenvalue weighted by Crippen LogP contribution is 2.33. The molecule has 3 N–H and O–H groups in total. The van der Waals surface area contributed by atoms with Crippen LogP contribution in [0.1, 0.15) is 37.4 Å². The number of benzene rings is 1. The number of amides is 2. The maximum absolute atomic E-state index is 12.7. The minimum Gasteiger partial charge on any atom is -0.366 e. The van der Waals surface area contributed by atoms with Crippen molar-refractivity contribution < 1.29 is 9.59 Å². The van der Waals surface area contributed by atoms with Gasteiger partial charge in [-0.3, -0.25) is 9.59 Å². The molecule has 0 saturated heterocycles. The molecular weight excluding hydrogens is 328 g/mol. The number of rotatable bonds is 4. The van der Waals surface area contributed by atoms with Crippen molar-refractivity contribution in [1.82, 2.24) is 0 Å². The van der Waals surface area contributed by atoms with Crippen molar-refractivity contribution in [1.29, 1.82) is 0 Å². The lowest BCUT2D eigenvalue weighted by atomic mass is 10.1. The van der Waals surface area contributed by atoms with Crippen LogP contribution in [0, 0.1) is 6.92 Å². The predicted octanol–water partition coefficient (Wildman–Crippen LogP) is 4.18. The Balaban J connectivity index is 2.00. The second-order valence-corrected chi connectivity index (χ2v) is 7.49. The zero-order chi connectivity index (χ0) is 16.6. The number of hydrogen-bond acceptors (Lipinski definition) is 4. The molecule has 2 aromatic heterocycles. The minimum absolute atomic E-state index is 0.188. The van der Waals surface area contributed by atoms with E-state index in [2.05, 4.69) is 5.32 Å². The van der Waals surface area contributed by atoms with Gasteiger partial charge in [0.2, 0.25) is 0 Å². The number of aryl methyl sites for hydroxylation is 2. The molecule has 3 rings (SSSR count). The van der Waals surface area contributed by atoms with Crippen LogP contribution in [-0.2, 0) is 6.42 Å². The van der Waals surface area contributed by atoms with Gasteiger partial charge >= 0.3 is 0 Å². The summed E-state index contributed by atoms with van der Waals surface area (Å²) < 4.78 is 1.09. The van der Waals surface area contributed by atoms with Crippen molar-refractivity contribution in [3.63, 3.8) is 0 Å². The Bertz CT molecular complexity index is 909. The summed E-state index contributed by atoms with van der Waals surface area (Å²) in [6, 6.07) is 9.69. The Labute approximate surface area is 141 Å². The maximum Gasteiger partial charge on any atom is 0.266 e. The van der Waals surface area contributed by atoms with Crippen LogP contribution in [-0.4, -0.2) is 11.8 Å². The van der Waals surface area contributed by atoms with E-state index in [0.29, 0.717) is 15.4 Å². The van der Waals surface area contributed by atoms with Gasteiger partial charge in [0, 0.05) is 9.58 Å². The standard InChI is InChI=1S/C17H16N2O2S2/c1-3-10-11-6-4-5-7-13(11)23-14(10)16(21)19-17-12(15(18)20)8-9(2)22-17/h4-8H,3H2,1-2H3,(H2,18,20)(H,19,21). The molecular formula is C17H16N2O2S2. The molecule has 0 aliphatic rings. The minimum atomic E-state index is -0.531. The first-order valence-electron chi connectivity index (χ1n) is 7.23. The quantitative estimate of drug-likeness (QED) is 0.745. The van der Waals surface area contributed by atoms with Gasteiger partial charge in [0.1, 0.15) is 5.00 Å². The van der Waals surface area contributed by atoms with Gasteiger partial charge in [0.25, 0.3) is 11.8 Å². The summed E-state index contributed by atoms with van der Waals surface area (Å²) in [7, 11) is 0. The van der Waals surface area contributed by atoms with E-state index in [1.807, 2.05) is 38.1 Å². The summed E-state index contributed by atoms with van der Waals surface area (Å²) in [5, 5.41) is 4.48. The third-order valence-corrected chi connectivity index (χ3v) is 5.78. The molecule has 0 radical (unpaired) electrons. The molecule has 23 heavy (non-hydrogen) atoms. The number of primary amides is 1. The second kappa shape index (κ2) is 6.14. The smallest absolute Gasteiger partial charge is 0.266 e. The Morgan fingerprint density at radius 2 is 1.96 bits per heavy atom. The average molecular weight is 344 g/mol. The van der Waals surface area contributed by atoms with Crippen LogP contribution in [0.3, 0.4) is 0 Å². The molecule has 4 nitrogen and oxygen atoms in total. The van der Waals surface area contributed by atoms with E-state index < -0.39 is 5.91 Å². The molecule has 0 atom stereocenters. The van der Waals surface area contributed by atoms with Crippen LogP contribution in [0.5, 0.6) is 0 Å². The van der Waals surface area contributed by atoms with Gasteiger partial charge in [-0.2, -0.15) is 0 Å². The molecule has 0 aliphatic carbocycles. The van der Waals surface area contributed by atoms with E-state index in [9.17, 15) is 9.59 Å². The Morgan fingerprint density at radius 1 is 1.22 bits per heavy atom. The second-order valence-electron chi connectivity index (χ2n) is 5.18. The van der Waals surface area contributed by atoms with Gasteiger partial charge < -0.3 is 11.1 Å². The first-order chi connectivity index (χ1) is 11.0. The summed E-state index contributed by atoms with van der Waals surface area (Å²) in [6.45, 7) is 3.92. The molecule has 6 heteroatoms. The summed E-state index contributed by atoms with van der Waals surface area (Å²) in [6.07, 6.45) is 0.777. The normalized spacial score (nSPS) is 10.9. The molecule has 1 aromatic carbocycles. The summed E-state index contributed by atoms with van der Waals surface area (Å²) in [5.41, 5.74) is 6.78. The van der Waals surface area contributed by atoms with Crippen LogP contribution < -0.4 is 11.1 Å². The lowest BCUT2D eigenvalue weighted by Crippen LogP contribution is -2.16. The van der Waals surface area contributed by atoms with Crippen molar-refractivity contribution in [2.24, 2.45) is 5.73 Å². The topological polar surface area (TPSA) is 72.2 Å². The zero-order valence-corrected chi connectivity index (χ0v) is 14.4. The van der Waals surface area contributed by atoms with Gasteiger partial charge in [-0.15, -0.1) is 22.7 Å². The van der Waals surface area contributed by atoms with Crippen molar-refractivity contribution in [2.75, 3.05) is 5.32 Å². The fraction of sp³-hybridized carbons (Fsp3) is 0.176. The molecule has 2 amide bonds. The Morgan fingerprint density at radius 3 is 2.65 bits per heavy atom. The van der Waals surface area contributed by atoms with E-state index >= 15 is 0 Å². The largest absolute Gasteiger partial charge is 0.366 e. The highest BCUT2D eigenvalue weighted by atomic mass is 32.1. The molecule has 0 saturated carbocycles. The number of nitrogens with one attached hydrogen (secondary N) is 1. The van der Waals surface area contributed by atoms with Crippen LogP contribution >= 0.6 is 22.7 Å². The SMILES string of the molecule is CCc1c(C(=O)Nc2sc(C)cc2C(N)=O)sc2ccccc12. The van der Waals surface area contributed by atoms with Crippen molar-refractivity contribution >= 4 is 49.6 Å². The fourth-order valence-electron chi connectivity index (χ4n) is 2.58. The molecule has 2 heterocycles. The van der Waals surface area contributed by atoms with E-state index in [4.69, 9.17) is 5.73 Å². The monoisotopic (exact) mass is 344 g/mol. The van der Waals surface area contributed by atoms with Crippen LogP contribution in [0.4, 0.5) is 5.00 Å². The third-order valence-electron chi connectivity index (χ3n) is 3.61. The van der Waals surface area contributed by atoms with Crippen LogP contribution in [0.2, 0.25) is 0 Å². The highest BCUT2D eigenvalue weighted by Gasteiger charge is 2.20. The lowest BCUT2D eigenvalue weighted by molar-refractivity contribution is 0.100. The van der Waals surface area contributed by atoms with Gasteiger partial charge in [-0.1, -0.05) is 25.1 Å². The maximum atomic E-state index is 12.7. The molecule has 0 aliphatic heterocycles. The van der Waals surface area contributed by atoms with Crippen LogP contribution in [0.25, 0.3) is 10.1 Å². The van der Waals surface area contributed by atoms with Crippen molar-refractivity contribution in [3.05, 3.63) is 51.2 Å². The zero-order valence-electron chi connectivity index (χ0n) is 12.8. The molecule has 0 fully saturated rings. The van der Waals surface area contributed by atoms with Crippen molar-refractivity contribution in [2.45, 2.75) is 20.3 Å². The number of carbonyl (C=O) groups excluding carboxylic acids is 2. The molecule has 0 spiro atoms. The number of carbonyl (C=O) groups is 2. The number of nitrogens with two attached hydrogens (primary N) is 1. The highest BCUT2D eigenvalue weighted by molar-refractivity contribution is 7.21. The van der Waals surface area contributed by atoms with Gasteiger partial charge in [0.05, 0.1) is 10.4 Å². The molecule has 0 bridgehead atoms. The number of anilines is 1. The average Bonchev–Trinajstić information content (AvgIpc) is 3.07. The summed E-state index contributed by atoms with van der Waals surface area (Å²) in [4.78, 5) is 25.8. The third kappa shape index (κ3) is 2.87. The van der Waals surface area contributed by atoms with Crippen molar-refractivity contribution in [3.8, 4) is 0 Å². The van der Waals surface area contributed by atoms with Gasteiger partial charge in [0.15, 0.2) is 0 Å². The molecule has 0 unspecified atom stereocenters. The number of thiophene rings is 2. The summed E-state index contributed by atoms with van der Waals surface area (Å²) in [5.74, 6) is -0.718. The Hall–Kier alpha value is -2.18. The van der Waals surface area contributed by atoms with E-state index in [1.54, 1.807) is 6.07 Å².